The molecular formula is C10H24N4. The minimum atomic E-state index is 0.415. The van der Waals surface area contributed by atoms with E-state index in [1.165, 1.54) is 0 Å². The molecule has 1 atom stereocenters. The molecule has 0 amide bonds. The molecule has 0 aliphatic carbocycles. The lowest BCUT2D eigenvalue weighted by Gasteiger charge is -2.36. The average molecular weight is 200 g/mol. The maximum absolute atomic E-state index is 5.72. The van der Waals surface area contributed by atoms with Gasteiger partial charge >= 0.3 is 0 Å². The lowest BCUT2D eigenvalue weighted by atomic mass is 10.1. The van der Waals surface area contributed by atoms with Crippen LogP contribution in [0, 0.1) is 5.92 Å². The predicted octanol–water partition coefficient (Wildman–Crippen LogP) is -0.278. The normalized spacial score (nSPS) is 22.9. The molecule has 1 fully saturated rings. The first-order valence-corrected chi connectivity index (χ1v) is 5.53. The molecular weight excluding hydrogens is 176 g/mol. The van der Waals surface area contributed by atoms with Crippen molar-refractivity contribution in [2.75, 3.05) is 39.8 Å². The molecule has 3 N–H and O–H groups in total. The van der Waals surface area contributed by atoms with E-state index in [1.54, 1.807) is 0 Å². The molecule has 0 aromatic carbocycles. The van der Waals surface area contributed by atoms with Crippen LogP contribution in [-0.4, -0.2) is 55.7 Å². The summed E-state index contributed by atoms with van der Waals surface area (Å²) in [7, 11) is 2.17. The Morgan fingerprint density at radius 1 is 1.21 bits per heavy atom. The number of likely N-dealkylation sites (N-methyl/N-ethyl adjacent to an activating group) is 1. The highest BCUT2D eigenvalue weighted by Gasteiger charge is 2.18. The standard InChI is InChI=1S/C10H24N4/c1-9(2)10(8-11)12-14-6-4-13(3)5-7-14/h9-10,12H,4-8,11H2,1-3H3. The van der Waals surface area contributed by atoms with Crippen molar-refractivity contribution >= 4 is 0 Å². The summed E-state index contributed by atoms with van der Waals surface area (Å²) in [5.41, 5.74) is 9.23. The maximum Gasteiger partial charge on any atom is 0.0360 e. The fraction of sp³-hybridized carbons (Fsp3) is 1.00. The number of hydrogen-bond donors (Lipinski definition) is 2. The van der Waals surface area contributed by atoms with Crippen molar-refractivity contribution in [1.82, 2.24) is 15.3 Å². The minimum Gasteiger partial charge on any atom is -0.329 e. The van der Waals surface area contributed by atoms with Gasteiger partial charge in [0.25, 0.3) is 0 Å². The second-order valence-electron chi connectivity index (χ2n) is 4.51. The Morgan fingerprint density at radius 3 is 2.21 bits per heavy atom. The van der Waals surface area contributed by atoms with Gasteiger partial charge in [0.2, 0.25) is 0 Å². The van der Waals surface area contributed by atoms with Crippen LogP contribution in [0.25, 0.3) is 0 Å². The Labute approximate surface area is 87.4 Å². The van der Waals surface area contributed by atoms with Gasteiger partial charge in [-0.3, -0.25) is 5.43 Å². The smallest absolute Gasteiger partial charge is 0.0360 e. The number of hydrogen-bond acceptors (Lipinski definition) is 4. The molecule has 0 aromatic heterocycles. The Morgan fingerprint density at radius 2 is 1.79 bits per heavy atom. The molecule has 0 aromatic rings. The van der Waals surface area contributed by atoms with Crippen LogP contribution in [0.4, 0.5) is 0 Å². The number of nitrogens with zero attached hydrogens (tertiary/aromatic N) is 2. The average Bonchev–Trinajstić information content (AvgIpc) is 2.16. The van der Waals surface area contributed by atoms with E-state index in [-0.39, 0.29) is 0 Å². The van der Waals surface area contributed by atoms with E-state index < -0.39 is 0 Å². The SMILES string of the molecule is CC(C)C(CN)NN1CCN(C)CC1. The van der Waals surface area contributed by atoms with Crippen molar-refractivity contribution in [3.8, 4) is 0 Å². The Bertz CT molecular complexity index is 152. The van der Waals surface area contributed by atoms with Crippen LogP contribution in [0.2, 0.25) is 0 Å². The van der Waals surface area contributed by atoms with Gasteiger partial charge in [0.15, 0.2) is 0 Å². The molecule has 0 spiro atoms. The molecule has 14 heavy (non-hydrogen) atoms. The van der Waals surface area contributed by atoms with Gasteiger partial charge < -0.3 is 10.6 Å². The van der Waals surface area contributed by atoms with Crippen LogP contribution in [0.15, 0.2) is 0 Å². The van der Waals surface area contributed by atoms with Crippen molar-refractivity contribution in [2.24, 2.45) is 11.7 Å². The summed E-state index contributed by atoms with van der Waals surface area (Å²) in [4.78, 5) is 2.35. The molecule has 0 saturated carbocycles. The lowest BCUT2D eigenvalue weighted by molar-refractivity contribution is 0.0786. The molecule has 1 saturated heterocycles. The third-order valence-corrected chi connectivity index (χ3v) is 2.91. The molecule has 1 aliphatic heterocycles. The molecule has 1 heterocycles. The van der Waals surface area contributed by atoms with Crippen LogP contribution in [0.5, 0.6) is 0 Å². The van der Waals surface area contributed by atoms with Crippen molar-refractivity contribution in [2.45, 2.75) is 19.9 Å². The molecule has 1 unspecified atom stereocenters. The highest BCUT2D eigenvalue weighted by atomic mass is 15.5. The van der Waals surface area contributed by atoms with E-state index in [1.807, 2.05) is 0 Å². The quantitative estimate of drug-likeness (QED) is 0.655. The first-order valence-electron chi connectivity index (χ1n) is 5.53. The third kappa shape index (κ3) is 3.53. The first kappa shape index (κ1) is 11.9. The Balaban J connectivity index is 2.29. The lowest BCUT2D eigenvalue weighted by Crippen LogP contribution is -2.56. The number of nitrogens with two attached hydrogens (primary N) is 1. The van der Waals surface area contributed by atoms with Gasteiger partial charge in [-0.2, -0.15) is 0 Å². The van der Waals surface area contributed by atoms with E-state index in [0.29, 0.717) is 18.5 Å². The van der Waals surface area contributed by atoms with Crippen LogP contribution in [-0.2, 0) is 0 Å². The van der Waals surface area contributed by atoms with Crippen LogP contribution in [0.1, 0.15) is 13.8 Å². The van der Waals surface area contributed by atoms with E-state index in [2.05, 4.69) is 36.2 Å². The molecule has 0 radical (unpaired) electrons. The molecule has 84 valence electrons. The van der Waals surface area contributed by atoms with Gasteiger partial charge in [-0.1, -0.05) is 13.8 Å². The van der Waals surface area contributed by atoms with E-state index >= 15 is 0 Å². The molecule has 4 nitrogen and oxygen atoms in total. The van der Waals surface area contributed by atoms with E-state index in [9.17, 15) is 0 Å². The van der Waals surface area contributed by atoms with Gasteiger partial charge in [0.05, 0.1) is 0 Å². The second-order valence-corrected chi connectivity index (χ2v) is 4.51. The largest absolute Gasteiger partial charge is 0.329 e. The zero-order valence-corrected chi connectivity index (χ0v) is 9.66. The fourth-order valence-corrected chi connectivity index (χ4v) is 1.64. The monoisotopic (exact) mass is 200 g/mol. The summed E-state index contributed by atoms with van der Waals surface area (Å²) in [6.07, 6.45) is 0. The zero-order valence-electron chi connectivity index (χ0n) is 9.66. The zero-order chi connectivity index (χ0) is 10.6. The first-order chi connectivity index (χ1) is 6.63. The van der Waals surface area contributed by atoms with Crippen molar-refractivity contribution in [1.29, 1.82) is 0 Å². The van der Waals surface area contributed by atoms with Gasteiger partial charge in [-0.05, 0) is 13.0 Å². The van der Waals surface area contributed by atoms with Crippen LogP contribution < -0.4 is 11.2 Å². The summed E-state index contributed by atoms with van der Waals surface area (Å²) in [5, 5.41) is 2.30. The summed E-state index contributed by atoms with van der Waals surface area (Å²) in [5.74, 6) is 0.597. The topological polar surface area (TPSA) is 44.5 Å². The second kappa shape index (κ2) is 5.66. The highest BCUT2D eigenvalue weighted by Crippen LogP contribution is 2.03. The maximum atomic E-state index is 5.72. The molecule has 1 rings (SSSR count). The van der Waals surface area contributed by atoms with Gasteiger partial charge in [-0.25, -0.2) is 5.01 Å². The van der Waals surface area contributed by atoms with Gasteiger partial charge in [0, 0.05) is 38.8 Å². The Hall–Kier alpha value is -0.160. The predicted molar refractivity (Wildman–Crippen MR) is 59.9 cm³/mol. The van der Waals surface area contributed by atoms with Gasteiger partial charge in [-0.15, -0.1) is 0 Å². The van der Waals surface area contributed by atoms with Crippen molar-refractivity contribution in [3.63, 3.8) is 0 Å². The van der Waals surface area contributed by atoms with E-state index in [0.717, 1.165) is 26.2 Å². The number of piperazine rings is 1. The number of nitrogens with one attached hydrogen (secondary N) is 1. The number of rotatable bonds is 4. The van der Waals surface area contributed by atoms with Gasteiger partial charge in [0.1, 0.15) is 0 Å². The summed E-state index contributed by atoms with van der Waals surface area (Å²) >= 11 is 0. The fourth-order valence-electron chi connectivity index (χ4n) is 1.64. The van der Waals surface area contributed by atoms with E-state index in [4.69, 9.17) is 5.73 Å². The van der Waals surface area contributed by atoms with Crippen molar-refractivity contribution in [3.05, 3.63) is 0 Å². The third-order valence-electron chi connectivity index (χ3n) is 2.91. The summed E-state index contributed by atoms with van der Waals surface area (Å²) in [6.45, 7) is 9.61. The minimum absolute atomic E-state index is 0.415. The molecule has 0 bridgehead atoms. The van der Waals surface area contributed by atoms with Crippen molar-refractivity contribution < 1.29 is 0 Å². The highest BCUT2D eigenvalue weighted by molar-refractivity contribution is 4.73. The molecule has 4 heteroatoms. The number of hydrazine groups is 1. The van der Waals surface area contributed by atoms with Crippen LogP contribution in [0.3, 0.4) is 0 Å². The Kier molecular flexibility index (Phi) is 4.81. The summed E-state index contributed by atoms with van der Waals surface area (Å²) in [6, 6.07) is 0.415. The summed E-state index contributed by atoms with van der Waals surface area (Å²) < 4.78 is 0. The molecule has 1 aliphatic rings. The van der Waals surface area contributed by atoms with Crippen LogP contribution >= 0.6 is 0 Å².